The van der Waals surface area contributed by atoms with Crippen molar-refractivity contribution in [3.8, 4) is 17.6 Å². The van der Waals surface area contributed by atoms with Crippen molar-refractivity contribution >= 4 is 34.1 Å². The van der Waals surface area contributed by atoms with Crippen molar-refractivity contribution in [2.24, 2.45) is 5.92 Å². The third kappa shape index (κ3) is 6.80. The number of alkyl halides is 2. The molecule has 0 radical (unpaired) electrons. The van der Waals surface area contributed by atoms with Crippen LogP contribution in [0.3, 0.4) is 0 Å². The Bertz CT molecular complexity index is 1480. The van der Waals surface area contributed by atoms with Crippen molar-refractivity contribution in [2.75, 3.05) is 13.2 Å². The van der Waals surface area contributed by atoms with Gasteiger partial charge in [0.25, 0.3) is 0 Å². The van der Waals surface area contributed by atoms with Crippen LogP contribution in [-0.2, 0) is 17.7 Å². The van der Waals surface area contributed by atoms with Gasteiger partial charge < -0.3 is 18.8 Å². The van der Waals surface area contributed by atoms with Gasteiger partial charge in [-0.25, -0.2) is 0 Å². The summed E-state index contributed by atoms with van der Waals surface area (Å²) in [5.74, 6) is 0.642. The van der Waals surface area contributed by atoms with E-state index in [9.17, 15) is 8.78 Å². The van der Waals surface area contributed by atoms with E-state index in [4.69, 9.17) is 42.7 Å². The van der Waals surface area contributed by atoms with E-state index in [0.29, 0.717) is 58.8 Å². The minimum atomic E-state index is -2.97. The molecule has 0 amide bonds. The van der Waals surface area contributed by atoms with Gasteiger partial charge in [0.15, 0.2) is 11.5 Å². The van der Waals surface area contributed by atoms with Crippen molar-refractivity contribution in [3.05, 3.63) is 87.8 Å². The number of fused-ring (bicyclic) bond motifs is 1. The summed E-state index contributed by atoms with van der Waals surface area (Å²) in [7, 11) is 0. The molecule has 0 aliphatic heterocycles. The first-order valence-electron chi connectivity index (χ1n) is 12.5. The summed E-state index contributed by atoms with van der Waals surface area (Å²) in [4.78, 5) is 4.03. The standard InChI is InChI=1S/C29H25Cl2F2N3O3/c30-23-15-35-16-24(31)22(23)13-27(37-10-9-36-8-7-20-11-19(14-34)3-5-25(20)36)21-4-6-26(39-29(32)33)28(12-21)38-17-18-1-2-18/h3-8,11-12,15-16,18,27,29H,1-2,9-10,13,17H2/t27-/m0/s1. The second-order valence-corrected chi connectivity index (χ2v) is 10.2. The summed E-state index contributed by atoms with van der Waals surface area (Å²) >= 11 is 12.8. The normalized spacial score (nSPS) is 13.9. The van der Waals surface area contributed by atoms with Gasteiger partial charge in [-0.3, -0.25) is 4.98 Å². The number of nitrogens with zero attached hydrogens (tertiary/aromatic N) is 3. The molecule has 1 fully saturated rings. The fraction of sp³-hybridized carbons (Fsp3) is 0.310. The minimum absolute atomic E-state index is 0.0244. The van der Waals surface area contributed by atoms with Crippen molar-refractivity contribution < 1.29 is 23.0 Å². The Hall–Kier alpha value is -3.38. The fourth-order valence-corrected chi connectivity index (χ4v) is 4.89. The number of hydrogen-bond donors (Lipinski definition) is 0. The number of halogens is 4. The van der Waals surface area contributed by atoms with E-state index in [1.54, 1.807) is 18.2 Å². The molecule has 2 heterocycles. The van der Waals surface area contributed by atoms with Crippen molar-refractivity contribution in [1.29, 1.82) is 5.26 Å². The Morgan fingerprint density at radius 1 is 1.05 bits per heavy atom. The van der Waals surface area contributed by atoms with E-state index in [2.05, 4.69) is 11.1 Å². The van der Waals surface area contributed by atoms with Gasteiger partial charge in [0.1, 0.15) is 0 Å². The number of aromatic nitrogens is 2. The van der Waals surface area contributed by atoms with Gasteiger partial charge in [-0.05, 0) is 66.3 Å². The van der Waals surface area contributed by atoms with Gasteiger partial charge in [0, 0.05) is 42.5 Å². The molecule has 0 bridgehead atoms. The highest BCUT2D eigenvalue weighted by atomic mass is 35.5. The predicted molar refractivity (Wildman–Crippen MR) is 145 cm³/mol. The zero-order valence-electron chi connectivity index (χ0n) is 20.8. The lowest BCUT2D eigenvalue weighted by molar-refractivity contribution is -0.0516. The Kier molecular flexibility index (Phi) is 8.51. The minimum Gasteiger partial charge on any atom is -0.489 e. The molecule has 1 aliphatic carbocycles. The van der Waals surface area contributed by atoms with E-state index in [-0.39, 0.29) is 11.5 Å². The predicted octanol–water partition coefficient (Wildman–Crippen LogP) is 7.61. The Morgan fingerprint density at radius 2 is 1.85 bits per heavy atom. The number of benzene rings is 2. The highest BCUT2D eigenvalue weighted by Crippen LogP contribution is 2.37. The molecule has 0 spiro atoms. The molecule has 0 saturated heterocycles. The molecule has 6 nitrogen and oxygen atoms in total. The Labute approximate surface area is 234 Å². The molecule has 202 valence electrons. The first-order valence-corrected chi connectivity index (χ1v) is 13.3. The van der Waals surface area contributed by atoms with Crippen molar-refractivity contribution in [2.45, 2.75) is 38.5 Å². The molecule has 10 heteroatoms. The molecule has 1 saturated carbocycles. The maximum atomic E-state index is 13.0. The zero-order chi connectivity index (χ0) is 27.4. The molecule has 1 atom stereocenters. The van der Waals surface area contributed by atoms with Crippen LogP contribution in [0.15, 0.2) is 61.1 Å². The Morgan fingerprint density at radius 3 is 2.56 bits per heavy atom. The average Bonchev–Trinajstić information content (AvgIpc) is 3.67. The molecule has 0 unspecified atom stereocenters. The smallest absolute Gasteiger partial charge is 0.387 e. The largest absolute Gasteiger partial charge is 0.489 e. The monoisotopic (exact) mass is 571 g/mol. The van der Waals surface area contributed by atoms with Gasteiger partial charge in [-0.1, -0.05) is 29.3 Å². The van der Waals surface area contributed by atoms with Crippen LogP contribution >= 0.6 is 23.2 Å². The van der Waals surface area contributed by atoms with Gasteiger partial charge in [-0.15, -0.1) is 0 Å². The van der Waals surface area contributed by atoms with Crippen LogP contribution in [0.25, 0.3) is 10.9 Å². The topological polar surface area (TPSA) is 69.3 Å². The van der Waals surface area contributed by atoms with E-state index in [1.165, 1.54) is 18.5 Å². The maximum absolute atomic E-state index is 13.0. The molecule has 2 aromatic heterocycles. The third-order valence-corrected chi connectivity index (χ3v) is 7.27. The summed E-state index contributed by atoms with van der Waals surface area (Å²) in [5.41, 5.74) is 2.96. The number of hydrogen-bond acceptors (Lipinski definition) is 5. The number of nitriles is 1. The van der Waals surface area contributed by atoms with Crippen LogP contribution in [-0.4, -0.2) is 29.4 Å². The molecule has 5 rings (SSSR count). The van der Waals surface area contributed by atoms with E-state index >= 15 is 0 Å². The summed E-state index contributed by atoms with van der Waals surface area (Å²) in [6, 6.07) is 14.5. The summed E-state index contributed by atoms with van der Waals surface area (Å²) in [6.07, 6.45) is 6.91. The molecule has 2 aromatic carbocycles. The zero-order valence-corrected chi connectivity index (χ0v) is 22.3. The van der Waals surface area contributed by atoms with Crippen molar-refractivity contribution in [3.63, 3.8) is 0 Å². The molecule has 39 heavy (non-hydrogen) atoms. The van der Waals surface area contributed by atoms with Crippen molar-refractivity contribution in [1.82, 2.24) is 9.55 Å². The number of pyridine rings is 1. The SMILES string of the molecule is N#Cc1ccc2c(ccn2CCO[C@@H](Cc2c(Cl)cncc2Cl)c2ccc(OC(F)F)c(OCC3CC3)c2)c1. The quantitative estimate of drug-likeness (QED) is 0.175. The van der Waals surface area contributed by atoms with Crippen LogP contribution in [0.4, 0.5) is 8.78 Å². The lowest BCUT2D eigenvalue weighted by Crippen LogP contribution is -2.14. The molecule has 4 aromatic rings. The molecule has 0 N–H and O–H groups in total. The van der Waals surface area contributed by atoms with Crippen LogP contribution in [0.2, 0.25) is 10.0 Å². The van der Waals surface area contributed by atoms with Gasteiger partial charge in [0.05, 0.1) is 41.0 Å². The first-order chi connectivity index (χ1) is 18.9. The van der Waals surface area contributed by atoms with Crippen LogP contribution in [0.1, 0.15) is 35.6 Å². The van der Waals surface area contributed by atoms with E-state index in [0.717, 1.165) is 23.7 Å². The number of ether oxygens (including phenoxy) is 3. The third-order valence-electron chi connectivity index (χ3n) is 6.62. The lowest BCUT2D eigenvalue weighted by Gasteiger charge is -2.22. The second-order valence-electron chi connectivity index (χ2n) is 9.38. The van der Waals surface area contributed by atoms with Gasteiger partial charge in [0.2, 0.25) is 0 Å². The Balaban J connectivity index is 1.39. The first kappa shape index (κ1) is 27.2. The lowest BCUT2D eigenvalue weighted by atomic mass is 10.0. The van der Waals surface area contributed by atoms with Gasteiger partial charge >= 0.3 is 6.61 Å². The molecular weight excluding hydrogens is 547 g/mol. The van der Waals surface area contributed by atoms with Crippen LogP contribution in [0.5, 0.6) is 11.5 Å². The number of rotatable bonds is 12. The molecular formula is C29H25Cl2F2N3O3. The van der Waals surface area contributed by atoms with Crippen LogP contribution < -0.4 is 9.47 Å². The second kappa shape index (κ2) is 12.2. The van der Waals surface area contributed by atoms with Crippen LogP contribution in [0, 0.1) is 17.2 Å². The van der Waals surface area contributed by atoms with Gasteiger partial charge in [-0.2, -0.15) is 14.0 Å². The highest BCUT2D eigenvalue weighted by molar-refractivity contribution is 6.35. The van der Waals surface area contributed by atoms with E-state index in [1.807, 2.05) is 29.0 Å². The summed E-state index contributed by atoms with van der Waals surface area (Å²) in [6.45, 7) is -1.66. The maximum Gasteiger partial charge on any atom is 0.387 e. The summed E-state index contributed by atoms with van der Waals surface area (Å²) in [5, 5.41) is 10.9. The summed E-state index contributed by atoms with van der Waals surface area (Å²) < 4.78 is 45.1. The van der Waals surface area contributed by atoms with E-state index < -0.39 is 12.7 Å². The highest BCUT2D eigenvalue weighted by Gasteiger charge is 2.24. The average molecular weight is 572 g/mol. The molecule has 1 aliphatic rings. The fourth-order valence-electron chi connectivity index (χ4n) is 4.37.